The Labute approximate surface area is 113 Å². The third-order valence-electron chi connectivity index (χ3n) is 3.38. The van der Waals surface area contributed by atoms with Crippen LogP contribution >= 0.6 is 0 Å². The van der Waals surface area contributed by atoms with Gasteiger partial charge in [-0.1, -0.05) is 45.8 Å². The van der Waals surface area contributed by atoms with E-state index in [2.05, 4.69) is 32.9 Å². The first-order valence-electron chi connectivity index (χ1n) is 7.52. The number of hydrogen-bond donors (Lipinski definition) is 0. The lowest BCUT2D eigenvalue weighted by Gasteiger charge is -2.24. The fourth-order valence-corrected chi connectivity index (χ4v) is 1.91. The average Bonchev–Trinajstić information content (AvgIpc) is 2.35. The van der Waals surface area contributed by atoms with Crippen LogP contribution in [0.15, 0.2) is 12.2 Å². The normalized spacial score (nSPS) is 12.9. The van der Waals surface area contributed by atoms with E-state index < -0.39 is 0 Å². The zero-order valence-electron chi connectivity index (χ0n) is 12.7. The third kappa shape index (κ3) is 9.26. The maximum atomic E-state index is 11.5. The van der Waals surface area contributed by atoms with Crippen molar-refractivity contribution in [2.45, 2.75) is 66.2 Å². The fourth-order valence-electron chi connectivity index (χ4n) is 1.91. The number of unbranched alkanes of at least 4 members (excludes halogenated alkanes) is 3. The quantitative estimate of drug-likeness (QED) is 0.417. The van der Waals surface area contributed by atoms with Gasteiger partial charge in [-0.3, -0.25) is 4.79 Å². The zero-order chi connectivity index (χ0) is 13.8. The van der Waals surface area contributed by atoms with Crippen LogP contribution in [-0.4, -0.2) is 23.9 Å². The maximum Gasteiger partial charge on any atom is 0.219 e. The average molecular weight is 253 g/mol. The SMILES string of the molecule is CC/C=C\CCCCCN(CC(C)CC)C(C)=O. The summed E-state index contributed by atoms with van der Waals surface area (Å²) in [7, 11) is 0. The van der Waals surface area contributed by atoms with E-state index >= 15 is 0 Å². The van der Waals surface area contributed by atoms with Crippen LogP contribution in [0.3, 0.4) is 0 Å². The van der Waals surface area contributed by atoms with Crippen molar-refractivity contribution in [2.24, 2.45) is 5.92 Å². The predicted octanol–water partition coefficient (Wildman–Crippen LogP) is 4.41. The zero-order valence-corrected chi connectivity index (χ0v) is 12.7. The second-order valence-electron chi connectivity index (χ2n) is 5.21. The van der Waals surface area contributed by atoms with Gasteiger partial charge in [-0.15, -0.1) is 0 Å². The van der Waals surface area contributed by atoms with E-state index in [4.69, 9.17) is 0 Å². The van der Waals surface area contributed by atoms with Gasteiger partial charge in [-0.2, -0.15) is 0 Å². The van der Waals surface area contributed by atoms with E-state index in [1.165, 1.54) is 19.3 Å². The molecule has 106 valence electrons. The van der Waals surface area contributed by atoms with Crippen molar-refractivity contribution < 1.29 is 4.79 Å². The number of carbonyl (C=O) groups is 1. The molecule has 2 nitrogen and oxygen atoms in total. The Morgan fingerprint density at radius 1 is 1.17 bits per heavy atom. The molecule has 0 rings (SSSR count). The molecule has 0 saturated carbocycles. The highest BCUT2D eigenvalue weighted by molar-refractivity contribution is 5.73. The first-order chi connectivity index (χ1) is 8.61. The van der Waals surface area contributed by atoms with Gasteiger partial charge >= 0.3 is 0 Å². The van der Waals surface area contributed by atoms with Gasteiger partial charge < -0.3 is 4.90 Å². The van der Waals surface area contributed by atoms with Gasteiger partial charge in [0, 0.05) is 20.0 Å². The summed E-state index contributed by atoms with van der Waals surface area (Å²) in [6, 6.07) is 0. The highest BCUT2D eigenvalue weighted by atomic mass is 16.2. The fraction of sp³-hybridized carbons (Fsp3) is 0.812. The number of amides is 1. The number of nitrogens with zero attached hydrogens (tertiary/aromatic N) is 1. The molecule has 18 heavy (non-hydrogen) atoms. The predicted molar refractivity (Wildman–Crippen MR) is 79.6 cm³/mol. The van der Waals surface area contributed by atoms with Crippen LogP contribution in [0.25, 0.3) is 0 Å². The molecule has 0 fully saturated rings. The van der Waals surface area contributed by atoms with E-state index in [1.54, 1.807) is 6.92 Å². The van der Waals surface area contributed by atoms with Crippen molar-refractivity contribution in [1.82, 2.24) is 4.90 Å². The number of hydrogen-bond acceptors (Lipinski definition) is 1. The Kier molecular flexibility index (Phi) is 10.8. The molecule has 1 unspecified atom stereocenters. The summed E-state index contributed by atoms with van der Waals surface area (Å²) in [5.41, 5.74) is 0. The maximum absolute atomic E-state index is 11.5. The van der Waals surface area contributed by atoms with Crippen LogP contribution in [0.1, 0.15) is 66.2 Å². The van der Waals surface area contributed by atoms with E-state index in [1.807, 2.05) is 4.90 Å². The van der Waals surface area contributed by atoms with Gasteiger partial charge in [0.1, 0.15) is 0 Å². The molecule has 0 aromatic rings. The summed E-state index contributed by atoms with van der Waals surface area (Å²) in [5, 5.41) is 0. The van der Waals surface area contributed by atoms with Crippen molar-refractivity contribution in [3.8, 4) is 0 Å². The molecular weight excluding hydrogens is 222 g/mol. The highest BCUT2D eigenvalue weighted by Crippen LogP contribution is 2.08. The van der Waals surface area contributed by atoms with Crippen molar-refractivity contribution in [2.75, 3.05) is 13.1 Å². The molecule has 0 aromatic carbocycles. The second-order valence-corrected chi connectivity index (χ2v) is 5.21. The Morgan fingerprint density at radius 3 is 2.44 bits per heavy atom. The van der Waals surface area contributed by atoms with E-state index in [9.17, 15) is 4.79 Å². The first-order valence-corrected chi connectivity index (χ1v) is 7.52. The highest BCUT2D eigenvalue weighted by Gasteiger charge is 2.11. The van der Waals surface area contributed by atoms with E-state index in [0.29, 0.717) is 5.92 Å². The number of allylic oxidation sites excluding steroid dienone is 2. The Balaban J connectivity index is 3.71. The molecule has 2 heteroatoms. The van der Waals surface area contributed by atoms with Gasteiger partial charge in [0.2, 0.25) is 5.91 Å². The van der Waals surface area contributed by atoms with Gasteiger partial charge in [-0.05, 0) is 31.6 Å². The van der Waals surface area contributed by atoms with Crippen LogP contribution in [0.4, 0.5) is 0 Å². The lowest BCUT2D eigenvalue weighted by Crippen LogP contribution is -2.33. The molecule has 0 aromatic heterocycles. The molecule has 0 aliphatic rings. The standard InChI is InChI=1S/C16H31NO/c1-5-7-8-9-10-11-12-13-17(16(4)18)14-15(3)6-2/h7-8,15H,5-6,9-14H2,1-4H3/b8-7-. The summed E-state index contributed by atoms with van der Waals surface area (Å²) < 4.78 is 0. The van der Waals surface area contributed by atoms with Crippen molar-refractivity contribution >= 4 is 5.91 Å². The van der Waals surface area contributed by atoms with Crippen LogP contribution in [0, 0.1) is 5.92 Å². The summed E-state index contributed by atoms with van der Waals surface area (Å²) >= 11 is 0. The molecular formula is C16H31NO. The number of carbonyl (C=O) groups excluding carboxylic acids is 1. The van der Waals surface area contributed by atoms with Gasteiger partial charge in [-0.25, -0.2) is 0 Å². The summed E-state index contributed by atoms with van der Waals surface area (Å²) in [6.45, 7) is 10.1. The smallest absolute Gasteiger partial charge is 0.219 e. The molecule has 1 amide bonds. The minimum atomic E-state index is 0.223. The van der Waals surface area contributed by atoms with Gasteiger partial charge in [0.25, 0.3) is 0 Å². The largest absolute Gasteiger partial charge is 0.343 e. The Bertz CT molecular complexity index is 235. The van der Waals surface area contributed by atoms with Crippen LogP contribution in [0.5, 0.6) is 0 Å². The molecule has 0 spiro atoms. The van der Waals surface area contributed by atoms with Crippen LogP contribution in [-0.2, 0) is 4.79 Å². The van der Waals surface area contributed by atoms with Crippen molar-refractivity contribution in [3.63, 3.8) is 0 Å². The topological polar surface area (TPSA) is 20.3 Å². The van der Waals surface area contributed by atoms with Gasteiger partial charge in [0.15, 0.2) is 0 Å². The minimum absolute atomic E-state index is 0.223. The molecule has 0 aliphatic carbocycles. The lowest BCUT2D eigenvalue weighted by atomic mass is 10.1. The molecule has 0 heterocycles. The minimum Gasteiger partial charge on any atom is -0.343 e. The summed E-state index contributed by atoms with van der Waals surface area (Å²) in [6.07, 6.45) is 11.5. The molecule has 0 aliphatic heterocycles. The molecule has 0 radical (unpaired) electrons. The van der Waals surface area contributed by atoms with Gasteiger partial charge in [0.05, 0.1) is 0 Å². The molecule has 0 N–H and O–H groups in total. The molecule has 0 bridgehead atoms. The Morgan fingerprint density at radius 2 is 1.89 bits per heavy atom. The van der Waals surface area contributed by atoms with Crippen LogP contribution < -0.4 is 0 Å². The molecule has 1 atom stereocenters. The van der Waals surface area contributed by atoms with Crippen molar-refractivity contribution in [1.29, 1.82) is 0 Å². The lowest BCUT2D eigenvalue weighted by molar-refractivity contribution is -0.129. The van der Waals surface area contributed by atoms with Crippen molar-refractivity contribution in [3.05, 3.63) is 12.2 Å². The summed E-state index contributed by atoms with van der Waals surface area (Å²) in [5.74, 6) is 0.836. The first kappa shape index (κ1) is 17.2. The third-order valence-corrected chi connectivity index (χ3v) is 3.38. The second kappa shape index (κ2) is 11.3. The van der Waals surface area contributed by atoms with E-state index in [0.717, 1.165) is 32.4 Å². The van der Waals surface area contributed by atoms with E-state index in [-0.39, 0.29) is 5.91 Å². The summed E-state index contributed by atoms with van der Waals surface area (Å²) in [4.78, 5) is 13.5. The molecule has 0 saturated heterocycles. The van der Waals surface area contributed by atoms with Crippen LogP contribution in [0.2, 0.25) is 0 Å². The number of rotatable bonds is 10. The monoisotopic (exact) mass is 253 g/mol. The Hall–Kier alpha value is -0.790.